The number of rotatable bonds is 4. The van der Waals surface area contributed by atoms with Gasteiger partial charge in [0.2, 0.25) is 0 Å². The van der Waals surface area contributed by atoms with Crippen LogP contribution in [0.15, 0.2) is 46.9 Å². The quantitative estimate of drug-likeness (QED) is 0.732. The summed E-state index contributed by atoms with van der Waals surface area (Å²) in [5.74, 6) is -0.355. The molecule has 0 atom stereocenters. The Labute approximate surface area is 128 Å². The van der Waals surface area contributed by atoms with E-state index in [1.54, 1.807) is 18.2 Å². The van der Waals surface area contributed by atoms with Gasteiger partial charge >= 0.3 is 6.18 Å². The van der Waals surface area contributed by atoms with Gasteiger partial charge in [0.05, 0.1) is 5.56 Å². The van der Waals surface area contributed by atoms with Gasteiger partial charge in [-0.15, -0.1) is 0 Å². The monoisotopic (exact) mass is 361 g/mol. The summed E-state index contributed by atoms with van der Waals surface area (Å²) >= 11 is 3.03. The molecule has 0 aromatic heterocycles. The SMILES string of the molecule is Fc1cccc(CCNc2ccc(Br)cc2C(F)(F)F)c1. The molecule has 0 aliphatic rings. The standard InChI is InChI=1S/C15H12BrF4N/c16-11-4-5-14(13(9-11)15(18,19)20)21-7-6-10-2-1-3-12(17)8-10/h1-5,8-9,21H,6-7H2. The third kappa shape index (κ3) is 4.46. The highest BCUT2D eigenvalue weighted by atomic mass is 79.9. The first-order chi connectivity index (χ1) is 9.86. The second-order valence-electron chi connectivity index (χ2n) is 4.49. The molecule has 2 aromatic rings. The second kappa shape index (κ2) is 6.47. The predicted octanol–water partition coefficient (Wildman–Crippen LogP) is 5.26. The molecule has 0 bridgehead atoms. The highest BCUT2D eigenvalue weighted by molar-refractivity contribution is 9.10. The van der Waals surface area contributed by atoms with Gasteiger partial charge in [0.1, 0.15) is 5.82 Å². The zero-order chi connectivity index (χ0) is 15.5. The van der Waals surface area contributed by atoms with Crippen molar-refractivity contribution in [2.45, 2.75) is 12.6 Å². The van der Waals surface area contributed by atoms with Gasteiger partial charge in [0, 0.05) is 16.7 Å². The maximum atomic E-state index is 13.0. The minimum atomic E-state index is -4.43. The fourth-order valence-corrected chi connectivity index (χ4v) is 2.30. The molecule has 112 valence electrons. The summed E-state index contributed by atoms with van der Waals surface area (Å²) in [4.78, 5) is 0. The third-order valence-electron chi connectivity index (χ3n) is 2.91. The zero-order valence-corrected chi connectivity index (χ0v) is 12.4. The molecule has 2 rings (SSSR count). The average Bonchev–Trinajstić information content (AvgIpc) is 2.39. The van der Waals surface area contributed by atoms with Crippen molar-refractivity contribution in [1.82, 2.24) is 0 Å². The van der Waals surface area contributed by atoms with Crippen LogP contribution in [0.25, 0.3) is 0 Å². The molecule has 0 fully saturated rings. The Bertz CT molecular complexity index is 625. The van der Waals surface area contributed by atoms with Crippen molar-refractivity contribution in [3.05, 3.63) is 63.9 Å². The molecule has 1 N–H and O–H groups in total. The summed E-state index contributed by atoms with van der Waals surface area (Å²) in [5.41, 5.74) is 0.0198. The lowest BCUT2D eigenvalue weighted by Gasteiger charge is -2.15. The van der Waals surface area contributed by atoms with Crippen molar-refractivity contribution in [3.8, 4) is 0 Å². The van der Waals surface area contributed by atoms with Crippen LogP contribution in [-0.4, -0.2) is 6.54 Å². The molecule has 0 aliphatic carbocycles. The predicted molar refractivity (Wildman–Crippen MR) is 77.7 cm³/mol. The van der Waals surface area contributed by atoms with Gasteiger partial charge in [-0.2, -0.15) is 13.2 Å². The van der Waals surface area contributed by atoms with E-state index in [0.29, 0.717) is 10.9 Å². The molecule has 0 spiro atoms. The molecule has 0 unspecified atom stereocenters. The Morgan fingerprint density at radius 2 is 1.81 bits per heavy atom. The van der Waals surface area contributed by atoms with Crippen LogP contribution in [0.4, 0.5) is 23.2 Å². The van der Waals surface area contributed by atoms with E-state index in [4.69, 9.17) is 0 Å². The molecule has 0 saturated carbocycles. The van der Waals surface area contributed by atoms with Gasteiger partial charge in [0.15, 0.2) is 0 Å². The molecule has 6 heteroatoms. The van der Waals surface area contributed by atoms with Crippen LogP contribution in [-0.2, 0) is 12.6 Å². The van der Waals surface area contributed by atoms with Crippen LogP contribution < -0.4 is 5.32 Å². The highest BCUT2D eigenvalue weighted by Crippen LogP contribution is 2.36. The van der Waals surface area contributed by atoms with E-state index >= 15 is 0 Å². The molecule has 0 radical (unpaired) electrons. The van der Waals surface area contributed by atoms with E-state index < -0.39 is 11.7 Å². The number of hydrogen-bond donors (Lipinski definition) is 1. The van der Waals surface area contributed by atoms with Crippen LogP contribution >= 0.6 is 15.9 Å². The van der Waals surface area contributed by atoms with Gasteiger partial charge in [-0.1, -0.05) is 28.1 Å². The number of benzene rings is 2. The van der Waals surface area contributed by atoms with E-state index in [1.807, 2.05) is 0 Å². The molecule has 0 aliphatic heterocycles. The van der Waals surface area contributed by atoms with Crippen molar-refractivity contribution >= 4 is 21.6 Å². The number of anilines is 1. The largest absolute Gasteiger partial charge is 0.418 e. The number of nitrogens with one attached hydrogen (secondary N) is 1. The third-order valence-corrected chi connectivity index (χ3v) is 3.40. The normalized spacial score (nSPS) is 11.5. The molecular formula is C15H12BrF4N. The van der Waals surface area contributed by atoms with Crippen LogP contribution in [0.3, 0.4) is 0 Å². The van der Waals surface area contributed by atoms with Gasteiger partial charge in [-0.3, -0.25) is 0 Å². The smallest absolute Gasteiger partial charge is 0.384 e. The van der Waals surface area contributed by atoms with Crippen molar-refractivity contribution < 1.29 is 17.6 Å². The van der Waals surface area contributed by atoms with Crippen LogP contribution in [0.5, 0.6) is 0 Å². The Hall–Kier alpha value is -1.56. The van der Waals surface area contributed by atoms with Crippen LogP contribution in [0, 0.1) is 5.82 Å². The van der Waals surface area contributed by atoms with E-state index in [-0.39, 0.29) is 18.0 Å². The Kier molecular flexibility index (Phi) is 4.88. The first-order valence-corrected chi connectivity index (χ1v) is 7.00. The number of alkyl halides is 3. The first kappa shape index (κ1) is 15.8. The minimum absolute atomic E-state index is 0.0158. The number of hydrogen-bond acceptors (Lipinski definition) is 1. The summed E-state index contributed by atoms with van der Waals surface area (Å²) in [7, 11) is 0. The van der Waals surface area contributed by atoms with Crippen molar-refractivity contribution in [3.63, 3.8) is 0 Å². The summed E-state index contributed by atoms with van der Waals surface area (Å²) in [6.45, 7) is 0.286. The van der Waals surface area contributed by atoms with Crippen LogP contribution in [0.2, 0.25) is 0 Å². The molecule has 0 saturated heterocycles. The topological polar surface area (TPSA) is 12.0 Å². The van der Waals surface area contributed by atoms with Gasteiger partial charge < -0.3 is 5.32 Å². The summed E-state index contributed by atoms with van der Waals surface area (Å²) in [5, 5.41) is 2.75. The molecule has 1 nitrogen and oxygen atoms in total. The van der Waals surface area contributed by atoms with E-state index in [1.165, 1.54) is 18.2 Å². The Morgan fingerprint density at radius 1 is 1.05 bits per heavy atom. The second-order valence-corrected chi connectivity index (χ2v) is 5.41. The van der Waals surface area contributed by atoms with Gasteiger partial charge in [0.25, 0.3) is 0 Å². The van der Waals surface area contributed by atoms with Gasteiger partial charge in [-0.25, -0.2) is 4.39 Å². The van der Waals surface area contributed by atoms with E-state index in [9.17, 15) is 17.6 Å². The number of halogens is 5. The molecule has 0 heterocycles. The minimum Gasteiger partial charge on any atom is -0.384 e. The van der Waals surface area contributed by atoms with Crippen molar-refractivity contribution in [2.24, 2.45) is 0 Å². The summed E-state index contributed by atoms with van der Waals surface area (Å²) in [6.07, 6.45) is -3.99. The van der Waals surface area contributed by atoms with Crippen molar-refractivity contribution in [2.75, 3.05) is 11.9 Å². The van der Waals surface area contributed by atoms with E-state index in [0.717, 1.165) is 11.6 Å². The summed E-state index contributed by atoms with van der Waals surface area (Å²) < 4.78 is 52.1. The lowest BCUT2D eigenvalue weighted by molar-refractivity contribution is -0.137. The van der Waals surface area contributed by atoms with Crippen molar-refractivity contribution in [1.29, 1.82) is 0 Å². The maximum Gasteiger partial charge on any atom is 0.418 e. The zero-order valence-electron chi connectivity index (χ0n) is 10.8. The Morgan fingerprint density at radius 3 is 2.48 bits per heavy atom. The van der Waals surface area contributed by atoms with E-state index in [2.05, 4.69) is 21.2 Å². The highest BCUT2D eigenvalue weighted by Gasteiger charge is 2.33. The van der Waals surface area contributed by atoms with Crippen LogP contribution in [0.1, 0.15) is 11.1 Å². The molecule has 0 amide bonds. The fourth-order valence-electron chi connectivity index (χ4n) is 1.94. The fraction of sp³-hybridized carbons (Fsp3) is 0.200. The summed E-state index contributed by atoms with van der Waals surface area (Å²) in [6, 6.07) is 9.95. The molecule has 2 aromatic carbocycles. The maximum absolute atomic E-state index is 13.0. The Balaban J connectivity index is 2.07. The molecular weight excluding hydrogens is 350 g/mol. The first-order valence-electron chi connectivity index (χ1n) is 6.21. The average molecular weight is 362 g/mol. The lowest BCUT2D eigenvalue weighted by atomic mass is 10.1. The molecule has 21 heavy (non-hydrogen) atoms. The van der Waals surface area contributed by atoms with Gasteiger partial charge in [-0.05, 0) is 42.3 Å². The lowest BCUT2D eigenvalue weighted by Crippen LogP contribution is -2.12.